The van der Waals surface area contributed by atoms with Crippen molar-refractivity contribution >= 4 is 5.78 Å². The fraction of sp³-hybridized carbons (Fsp3) is 0.714. The summed E-state index contributed by atoms with van der Waals surface area (Å²) < 4.78 is 0. The number of piperazine rings is 1. The van der Waals surface area contributed by atoms with Gasteiger partial charge in [0.15, 0.2) is 5.78 Å². The van der Waals surface area contributed by atoms with Crippen LogP contribution in [0.1, 0.15) is 54.4 Å². The number of nitriles is 1. The fourth-order valence-corrected chi connectivity index (χ4v) is 2.78. The SMILES string of the molecule is C=C(CC)NC/C=C/C(=O)CN1CCN(C(C)(C)C)CC1CC#N.CC. The van der Waals surface area contributed by atoms with Crippen LogP contribution in [-0.2, 0) is 4.79 Å². The van der Waals surface area contributed by atoms with Crippen molar-refractivity contribution in [3.05, 3.63) is 24.4 Å². The van der Waals surface area contributed by atoms with E-state index in [4.69, 9.17) is 5.26 Å². The zero-order valence-corrected chi connectivity index (χ0v) is 17.6. The Kier molecular flexibility index (Phi) is 11.9. The lowest BCUT2D eigenvalue weighted by molar-refractivity contribution is -0.117. The van der Waals surface area contributed by atoms with Crippen molar-refractivity contribution in [3.63, 3.8) is 0 Å². The monoisotopic (exact) mass is 362 g/mol. The fourth-order valence-electron chi connectivity index (χ4n) is 2.78. The summed E-state index contributed by atoms with van der Waals surface area (Å²) >= 11 is 0. The molecule has 0 spiro atoms. The van der Waals surface area contributed by atoms with E-state index in [0.29, 0.717) is 19.5 Å². The summed E-state index contributed by atoms with van der Waals surface area (Å²) in [6, 6.07) is 2.39. The van der Waals surface area contributed by atoms with Crippen molar-refractivity contribution in [2.24, 2.45) is 0 Å². The maximum atomic E-state index is 12.2. The highest BCUT2D eigenvalue weighted by molar-refractivity contribution is 5.91. The van der Waals surface area contributed by atoms with Crippen molar-refractivity contribution < 1.29 is 4.79 Å². The van der Waals surface area contributed by atoms with E-state index in [0.717, 1.165) is 31.8 Å². The van der Waals surface area contributed by atoms with Gasteiger partial charge < -0.3 is 5.32 Å². The first-order valence-electron chi connectivity index (χ1n) is 9.75. The molecule has 148 valence electrons. The highest BCUT2D eigenvalue weighted by Crippen LogP contribution is 2.20. The lowest BCUT2D eigenvalue weighted by Crippen LogP contribution is -2.58. The number of allylic oxidation sites excluding steroid dienone is 1. The number of nitrogens with one attached hydrogen (secondary N) is 1. The third-order valence-corrected chi connectivity index (χ3v) is 4.44. The van der Waals surface area contributed by atoms with Gasteiger partial charge in [0.1, 0.15) is 0 Å². The van der Waals surface area contributed by atoms with Gasteiger partial charge in [-0.3, -0.25) is 14.6 Å². The van der Waals surface area contributed by atoms with Crippen LogP contribution in [0.5, 0.6) is 0 Å². The normalized spacial score (nSPS) is 18.7. The molecule has 26 heavy (non-hydrogen) atoms. The molecule has 5 nitrogen and oxygen atoms in total. The van der Waals surface area contributed by atoms with Crippen LogP contribution in [0.25, 0.3) is 0 Å². The Balaban J connectivity index is 0.00000301. The maximum absolute atomic E-state index is 12.2. The van der Waals surface area contributed by atoms with Gasteiger partial charge in [0.25, 0.3) is 0 Å². The van der Waals surface area contributed by atoms with Crippen LogP contribution >= 0.6 is 0 Å². The molecule has 1 atom stereocenters. The zero-order valence-electron chi connectivity index (χ0n) is 17.6. The van der Waals surface area contributed by atoms with E-state index in [1.165, 1.54) is 0 Å². The number of hydrogen-bond donors (Lipinski definition) is 1. The minimum absolute atomic E-state index is 0.0889. The van der Waals surface area contributed by atoms with E-state index < -0.39 is 0 Å². The molecule has 1 fully saturated rings. The predicted molar refractivity (Wildman–Crippen MR) is 110 cm³/mol. The van der Waals surface area contributed by atoms with E-state index in [2.05, 4.69) is 48.5 Å². The van der Waals surface area contributed by atoms with Crippen molar-refractivity contribution in [3.8, 4) is 6.07 Å². The largest absolute Gasteiger partial charge is 0.385 e. The highest BCUT2D eigenvalue weighted by atomic mass is 16.1. The second-order valence-electron chi connectivity index (χ2n) is 7.31. The topological polar surface area (TPSA) is 59.4 Å². The Hall–Kier alpha value is -1.64. The Morgan fingerprint density at radius 2 is 2.00 bits per heavy atom. The minimum atomic E-state index is 0.0889. The molecule has 0 aromatic heterocycles. The van der Waals surface area contributed by atoms with Gasteiger partial charge in [-0.1, -0.05) is 33.4 Å². The van der Waals surface area contributed by atoms with Gasteiger partial charge in [-0.2, -0.15) is 5.26 Å². The first kappa shape index (κ1) is 24.4. The van der Waals surface area contributed by atoms with E-state index in [1.54, 1.807) is 6.08 Å². The Bertz CT molecular complexity index is 499. The Morgan fingerprint density at radius 1 is 1.35 bits per heavy atom. The van der Waals surface area contributed by atoms with E-state index in [9.17, 15) is 4.79 Å². The number of hydrogen-bond acceptors (Lipinski definition) is 5. The average molecular weight is 363 g/mol. The highest BCUT2D eigenvalue weighted by Gasteiger charge is 2.32. The lowest BCUT2D eigenvalue weighted by Gasteiger charge is -2.46. The number of ketones is 1. The molecule has 1 aliphatic rings. The number of rotatable bonds is 8. The quantitative estimate of drug-likeness (QED) is 0.671. The molecule has 1 rings (SSSR count). The molecule has 0 aromatic carbocycles. The van der Waals surface area contributed by atoms with Crippen molar-refractivity contribution in [2.75, 3.05) is 32.7 Å². The molecule has 1 N–H and O–H groups in total. The molecule has 0 saturated carbocycles. The van der Waals surface area contributed by atoms with Crippen LogP contribution in [0.2, 0.25) is 0 Å². The molecule has 0 aliphatic carbocycles. The number of nitrogens with zero attached hydrogens (tertiary/aromatic N) is 3. The van der Waals surface area contributed by atoms with Gasteiger partial charge in [-0.15, -0.1) is 0 Å². The Labute approximate surface area is 160 Å². The second-order valence-corrected chi connectivity index (χ2v) is 7.31. The van der Waals surface area contributed by atoms with Gasteiger partial charge in [0, 0.05) is 43.5 Å². The standard InChI is InChI=1S/C19H32N4O.C2H6/c1-6-16(2)21-11-7-8-18(24)15-22-12-13-23(19(3,4)5)14-17(22)9-10-20;1-2/h7-8,17,21H,2,6,9,11-15H2,1,3-5H3;1-2H3/b8-7+;. The predicted octanol–water partition coefficient (Wildman–Crippen LogP) is 3.35. The number of carbonyl (C=O) groups is 1. The average Bonchev–Trinajstić information content (AvgIpc) is 2.61. The third-order valence-electron chi connectivity index (χ3n) is 4.44. The van der Waals surface area contributed by atoms with Crippen LogP contribution in [0.4, 0.5) is 0 Å². The summed E-state index contributed by atoms with van der Waals surface area (Å²) in [5.74, 6) is 0.0889. The molecule has 0 bridgehead atoms. The van der Waals surface area contributed by atoms with Crippen molar-refractivity contribution in [1.82, 2.24) is 15.1 Å². The van der Waals surface area contributed by atoms with E-state index in [-0.39, 0.29) is 17.4 Å². The molecule has 1 saturated heterocycles. The second kappa shape index (κ2) is 12.7. The zero-order chi connectivity index (χ0) is 20.2. The van der Waals surface area contributed by atoms with Gasteiger partial charge in [-0.25, -0.2) is 0 Å². The first-order valence-corrected chi connectivity index (χ1v) is 9.75. The minimum Gasteiger partial charge on any atom is -0.385 e. The Morgan fingerprint density at radius 3 is 2.54 bits per heavy atom. The summed E-state index contributed by atoms with van der Waals surface area (Å²) in [6.45, 7) is 20.1. The molecular formula is C21H38N4O. The van der Waals surface area contributed by atoms with Crippen LogP contribution in [0.15, 0.2) is 24.4 Å². The van der Waals surface area contributed by atoms with Crippen LogP contribution in [-0.4, -0.2) is 59.9 Å². The summed E-state index contributed by atoms with van der Waals surface area (Å²) in [6.07, 6.45) is 4.82. The molecule has 1 aliphatic heterocycles. The number of carbonyl (C=O) groups excluding carboxylic acids is 1. The molecule has 1 heterocycles. The van der Waals surface area contributed by atoms with E-state index >= 15 is 0 Å². The molecular weight excluding hydrogens is 324 g/mol. The van der Waals surface area contributed by atoms with Crippen LogP contribution in [0, 0.1) is 11.3 Å². The van der Waals surface area contributed by atoms with Crippen molar-refractivity contribution in [2.45, 2.75) is 66.0 Å². The van der Waals surface area contributed by atoms with Crippen LogP contribution < -0.4 is 5.32 Å². The third kappa shape index (κ3) is 9.17. The summed E-state index contributed by atoms with van der Waals surface area (Å²) in [5, 5.41) is 12.2. The molecule has 0 radical (unpaired) electrons. The van der Waals surface area contributed by atoms with Crippen molar-refractivity contribution in [1.29, 1.82) is 5.26 Å². The maximum Gasteiger partial charge on any atom is 0.169 e. The van der Waals surface area contributed by atoms with E-state index in [1.807, 2.05) is 26.8 Å². The van der Waals surface area contributed by atoms with Gasteiger partial charge in [0.05, 0.1) is 19.0 Å². The van der Waals surface area contributed by atoms with Gasteiger partial charge in [0.2, 0.25) is 0 Å². The van der Waals surface area contributed by atoms with Gasteiger partial charge >= 0.3 is 0 Å². The lowest BCUT2D eigenvalue weighted by atomic mass is 10.0. The molecule has 1 unspecified atom stereocenters. The molecule has 5 heteroatoms. The smallest absolute Gasteiger partial charge is 0.169 e. The molecule has 0 amide bonds. The summed E-state index contributed by atoms with van der Waals surface area (Å²) in [7, 11) is 0. The molecule has 0 aromatic rings. The van der Waals surface area contributed by atoms with Gasteiger partial charge in [-0.05, 0) is 33.3 Å². The van der Waals surface area contributed by atoms with Crippen LogP contribution in [0.3, 0.4) is 0 Å². The first-order chi connectivity index (χ1) is 12.3. The summed E-state index contributed by atoms with van der Waals surface area (Å²) in [4.78, 5) is 16.7. The summed E-state index contributed by atoms with van der Waals surface area (Å²) in [5.41, 5.74) is 1.07.